The van der Waals surface area contributed by atoms with E-state index < -0.39 is 9.84 Å². The topological polar surface area (TPSA) is 72.8 Å². The van der Waals surface area contributed by atoms with Crippen LogP contribution >= 0.6 is 11.6 Å². The van der Waals surface area contributed by atoms with Gasteiger partial charge in [0.25, 0.3) is 0 Å². The van der Waals surface area contributed by atoms with Crippen molar-refractivity contribution < 1.29 is 23.0 Å². The SMILES string of the molecule is COc1cc(Cl)cc(CO)c1OCCCS(C)(=O)=O. The normalized spacial score (nSPS) is 11.4. The molecule has 1 aromatic carbocycles. The summed E-state index contributed by atoms with van der Waals surface area (Å²) < 4.78 is 32.6. The molecule has 0 bridgehead atoms. The first kappa shape index (κ1) is 16.1. The Balaban J connectivity index is 2.76. The lowest BCUT2D eigenvalue weighted by molar-refractivity contribution is 0.255. The molecule has 7 heteroatoms. The van der Waals surface area contributed by atoms with Gasteiger partial charge in [0.2, 0.25) is 0 Å². The molecule has 108 valence electrons. The van der Waals surface area contributed by atoms with E-state index in [4.69, 9.17) is 21.1 Å². The minimum absolute atomic E-state index is 0.0529. The third-order valence-corrected chi connectivity index (χ3v) is 3.64. The van der Waals surface area contributed by atoms with Crippen LogP contribution in [0.3, 0.4) is 0 Å². The van der Waals surface area contributed by atoms with Gasteiger partial charge in [0.15, 0.2) is 11.5 Å². The summed E-state index contributed by atoms with van der Waals surface area (Å²) in [6.07, 6.45) is 1.55. The van der Waals surface area contributed by atoms with Crippen LogP contribution in [0.1, 0.15) is 12.0 Å². The van der Waals surface area contributed by atoms with Crippen molar-refractivity contribution in [1.29, 1.82) is 0 Å². The number of halogens is 1. The second-order valence-corrected chi connectivity index (χ2v) is 6.78. The molecule has 0 fully saturated rings. The zero-order valence-electron chi connectivity index (χ0n) is 10.8. The van der Waals surface area contributed by atoms with E-state index in [1.165, 1.54) is 13.4 Å². The van der Waals surface area contributed by atoms with Crippen LogP contribution in [0.25, 0.3) is 0 Å². The predicted octanol–water partition coefficient (Wildman–Crippen LogP) is 1.65. The first-order valence-electron chi connectivity index (χ1n) is 5.65. The summed E-state index contributed by atoms with van der Waals surface area (Å²) >= 11 is 5.87. The Kier molecular flexibility index (Phi) is 5.90. The van der Waals surface area contributed by atoms with Crippen molar-refractivity contribution in [2.24, 2.45) is 0 Å². The van der Waals surface area contributed by atoms with Crippen LogP contribution in [0.15, 0.2) is 12.1 Å². The third kappa shape index (κ3) is 5.26. The Morgan fingerprint density at radius 2 is 2.05 bits per heavy atom. The molecule has 0 unspecified atom stereocenters. The monoisotopic (exact) mass is 308 g/mol. The third-order valence-electron chi connectivity index (χ3n) is 2.39. The Bertz CT molecular complexity index is 502. The molecule has 1 aromatic rings. The smallest absolute Gasteiger partial charge is 0.166 e. The highest BCUT2D eigenvalue weighted by Gasteiger charge is 2.12. The van der Waals surface area contributed by atoms with Crippen LogP contribution in [0.2, 0.25) is 5.02 Å². The maximum atomic E-state index is 11.0. The van der Waals surface area contributed by atoms with Crippen molar-refractivity contribution in [1.82, 2.24) is 0 Å². The van der Waals surface area contributed by atoms with Gasteiger partial charge in [-0.1, -0.05) is 11.6 Å². The number of aliphatic hydroxyl groups excluding tert-OH is 1. The van der Waals surface area contributed by atoms with Crippen molar-refractivity contribution in [3.63, 3.8) is 0 Å². The fourth-order valence-corrected chi connectivity index (χ4v) is 2.42. The van der Waals surface area contributed by atoms with Crippen LogP contribution < -0.4 is 9.47 Å². The zero-order valence-corrected chi connectivity index (χ0v) is 12.4. The number of hydrogen-bond acceptors (Lipinski definition) is 5. The average molecular weight is 309 g/mol. The molecule has 0 radical (unpaired) electrons. The van der Waals surface area contributed by atoms with Crippen molar-refractivity contribution >= 4 is 21.4 Å². The van der Waals surface area contributed by atoms with E-state index in [-0.39, 0.29) is 19.0 Å². The molecule has 0 saturated carbocycles. The number of rotatable bonds is 7. The van der Waals surface area contributed by atoms with Gasteiger partial charge in [-0.05, 0) is 12.5 Å². The summed E-state index contributed by atoms with van der Waals surface area (Å²) in [5.41, 5.74) is 0.503. The summed E-state index contributed by atoms with van der Waals surface area (Å²) in [4.78, 5) is 0. The van der Waals surface area contributed by atoms with Gasteiger partial charge in [-0.25, -0.2) is 8.42 Å². The highest BCUT2D eigenvalue weighted by atomic mass is 35.5. The van der Waals surface area contributed by atoms with Crippen molar-refractivity contribution in [2.45, 2.75) is 13.0 Å². The molecule has 1 N–H and O–H groups in total. The van der Waals surface area contributed by atoms with E-state index >= 15 is 0 Å². The molecule has 1 rings (SSSR count). The Morgan fingerprint density at radius 1 is 1.37 bits per heavy atom. The van der Waals surface area contributed by atoms with Crippen LogP contribution in [-0.4, -0.2) is 39.2 Å². The molecule has 0 spiro atoms. The molecule has 0 heterocycles. The number of hydrogen-bond donors (Lipinski definition) is 1. The van der Waals surface area contributed by atoms with E-state index in [0.717, 1.165) is 0 Å². The maximum absolute atomic E-state index is 11.0. The van der Waals surface area contributed by atoms with E-state index in [1.54, 1.807) is 12.1 Å². The molecule has 0 atom stereocenters. The van der Waals surface area contributed by atoms with Gasteiger partial charge in [-0.3, -0.25) is 0 Å². The first-order chi connectivity index (χ1) is 8.87. The maximum Gasteiger partial charge on any atom is 0.166 e. The Labute approximate surface area is 118 Å². The molecule has 5 nitrogen and oxygen atoms in total. The number of ether oxygens (including phenoxy) is 2. The summed E-state index contributed by atoms with van der Waals surface area (Å²) in [6, 6.07) is 3.16. The van der Waals surface area contributed by atoms with Crippen LogP contribution in [0.5, 0.6) is 11.5 Å². The Morgan fingerprint density at radius 3 is 2.58 bits per heavy atom. The van der Waals surface area contributed by atoms with Crippen molar-refractivity contribution in [2.75, 3.05) is 25.7 Å². The first-order valence-corrected chi connectivity index (χ1v) is 8.09. The number of benzene rings is 1. The number of methoxy groups -OCH3 is 1. The molecule has 0 aliphatic rings. The van der Waals surface area contributed by atoms with E-state index in [1.807, 2.05) is 0 Å². The highest BCUT2D eigenvalue weighted by Crippen LogP contribution is 2.34. The van der Waals surface area contributed by atoms with E-state index in [2.05, 4.69) is 0 Å². The Hall–Kier alpha value is -0.980. The van der Waals surface area contributed by atoms with Gasteiger partial charge < -0.3 is 14.6 Å². The molecule has 0 aliphatic carbocycles. The van der Waals surface area contributed by atoms with Gasteiger partial charge in [0, 0.05) is 22.9 Å². The number of sulfone groups is 1. The minimum atomic E-state index is -3.00. The molecule has 19 heavy (non-hydrogen) atoms. The second-order valence-electron chi connectivity index (χ2n) is 4.09. The molecule has 0 aromatic heterocycles. The van der Waals surface area contributed by atoms with Gasteiger partial charge in [0.1, 0.15) is 9.84 Å². The van der Waals surface area contributed by atoms with Crippen LogP contribution in [-0.2, 0) is 16.4 Å². The van der Waals surface area contributed by atoms with Gasteiger partial charge >= 0.3 is 0 Å². The molecular formula is C12H17ClO5S. The molecule has 0 aliphatic heterocycles. The largest absolute Gasteiger partial charge is 0.493 e. The fraction of sp³-hybridized carbons (Fsp3) is 0.500. The lowest BCUT2D eigenvalue weighted by Crippen LogP contribution is -2.09. The molecular weight excluding hydrogens is 292 g/mol. The quantitative estimate of drug-likeness (QED) is 0.775. The standard InChI is InChI=1S/C12H17ClO5S/c1-17-11-7-10(13)6-9(8-14)12(11)18-4-3-5-19(2,15)16/h6-7,14H,3-5,8H2,1-2H3. The summed E-state index contributed by atoms with van der Waals surface area (Å²) in [5, 5.41) is 9.69. The highest BCUT2D eigenvalue weighted by molar-refractivity contribution is 7.90. The summed E-state index contributed by atoms with van der Waals surface area (Å²) in [6.45, 7) is -0.0175. The van der Waals surface area contributed by atoms with Gasteiger partial charge in [-0.15, -0.1) is 0 Å². The molecule has 0 saturated heterocycles. The lowest BCUT2D eigenvalue weighted by Gasteiger charge is -2.14. The van der Waals surface area contributed by atoms with E-state index in [0.29, 0.717) is 28.5 Å². The van der Waals surface area contributed by atoms with Gasteiger partial charge in [-0.2, -0.15) is 0 Å². The zero-order chi connectivity index (χ0) is 14.5. The fourth-order valence-electron chi connectivity index (χ4n) is 1.55. The van der Waals surface area contributed by atoms with Crippen LogP contribution in [0.4, 0.5) is 0 Å². The van der Waals surface area contributed by atoms with Gasteiger partial charge in [0.05, 0.1) is 26.1 Å². The van der Waals surface area contributed by atoms with Crippen molar-refractivity contribution in [3.8, 4) is 11.5 Å². The summed E-state index contributed by atoms with van der Waals surface area (Å²) in [5.74, 6) is 0.857. The number of aliphatic hydroxyl groups is 1. The molecule has 0 amide bonds. The van der Waals surface area contributed by atoms with E-state index in [9.17, 15) is 13.5 Å². The average Bonchev–Trinajstić information content (AvgIpc) is 2.33. The predicted molar refractivity (Wildman–Crippen MR) is 73.7 cm³/mol. The second kappa shape index (κ2) is 6.98. The lowest BCUT2D eigenvalue weighted by atomic mass is 10.2. The van der Waals surface area contributed by atoms with Crippen LogP contribution in [0, 0.1) is 0 Å². The minimum Gasteiger partial charge on any atom is -0.493 e. The summed E-state index contributed by atoms with van der Waals surface area (Å²) in [7, 11) is -1.53. The van der Waals surface area contributed by atoms with Crippen molar-refractivity contribution in [3.05, 3.63) is 22.7 Å².